The summed E-state index contributed by atoms with van der Waals surface area (Å²) < 4.78 is 29.7. The summed E-state index contributed by atoms with van der Waals surface area (Å²) in [5.41, 5.74) is 2.59. The van der Waals surface area contributed by atoms with E-state index in [9.17, 15) is 29.5 Å². The van der Waals surface area contributed by atoms with Crippen molar-refractivity contribution in [2.24, 2.45) is 0 Å². The van der Waals surface area contributed by atoms with Crippen LogP contribution in [0.3, 0.4) is 0 Å². The fourth-order valence-corrected chi connectivity index (χ4v) is 10.2. The number of hydrogen-bond acceptors (Lipinski definition) is 14. The molecular formula is C35H38N4O11S. The number of aryl methyl sites for hydroxylation is 1. The number of methoxy groups -OCH3 is 1. The Hall–Kier alpha value is -4.72. The molecule has 1 amide bonds. The van der Waals surface area contributed by atoms with Gasteiger partial charge in [0, 0.05) is 60.4 Å². The Kier molecular flexibility index (Phi) is 8.71. The van der Waals surface area contributed by atoms with E-state index >= 15 is 0 Å². The van der Waals surface area contributed by atoms with Gasteiger partial charge in [-0.05, 0) is 32.0 Å². The Morgan fingerprint density at radius 3 is 2.57 bits per heavy atom. The third-order valence-electron chi connectivity index (χ3n) is 10.5. The summed E-state index contributed by atoms with van der Waals surface area (Å²) in [6, 6.07) is 1.47. The highest BCUT2D eigenvalue weighted by atomic mass is 32.2. The molecule has 0 radical (unpaired) electrons. The predicted octanol–water partition coefficient (Wildman–Crippen LogP) is 2.58. The predicted molar refractivity (Wildman–Crippen MR) is 179 cm³/mol. The van der Waals surface area contributed by atoms with Crippen molar-refractivity contribution in [3.8, 4) is 34.8 Å². The number of carbonyl (C=O) groups excluding carboxylic acids is 3. The summed E-state index contributed by atoms with van der Waals surface area (Å²) in [6.45, 7) is 4.81. The lowest BCUT2D eigenvalue weighted by Crippen LogP contribution is -2.69. The summed E-state index contributed by atoms with van der Waals surface area (Å²) >= 11 is 1.30. The highest BCUT2D eigenvalue weighted by molar-refractivity contribution is 7.99. The van der Waals surface area contributed by atoms with E-state index in [1.807, 2.05) is 20.0 Å². The number of fused-ring (bicyclic) bond motifs is 6. The molecule has 2 aromatic rings. The fraction of sp³-hybridized carbons (Fsp3) is 0.514. The topological polar surface area (TPSA) is 197 Å². The highest BCUT2D eigenvalue weighted by Crippen LogP contribution is 2.65. The minimum absolute atomic E-state index is 0.0181. The second kappa shape index (κ2) is 12.8. The van der Waals surface area contributed by atoms with Gasteiger partial charge in [-0.25, -0.2) is 4.79 Å². The van der Waals surface area contributed by atoms with Crippen molar-refractivity contribution in [3.05, 3.63) is 39.4 Å². The third kappa shape index (κ3) is 5.40. The molecule has 4 bridgehead atoms. The van der Waals surface area contributed by atoms with Gasteiger partial charge in [-0.3, -0.25) is 24.2 Å². The second-order valence-corrected chi connectivity index (χ2v) is 14.8. The molecule has 8 rings (SSSR count). The van der Waals surface area contributed by atoms with E-state index in [0.717, 1.165) is 5.56 Å². The molecule has 51 heavy (non-hydrogen) atoms. The van der Waals surface area contributed by atoms with Crippen molar-refractivity contribution in [1.29, 1.82) is 5.26 Å². The largest absolute Gasteiger partial charge is 0.504 e. The molecule has 2 fully saturated rings. The van der Waals surface area contributed by atoms with Gasteiger partial charge in [0.25, 0.3) is 0 Å². The zero-order valence-corrected chi connectivity index (χ0v) is 29.5. The maximum absolute atomic E-state index is 13.7. The molecule has 6 aliphatic heterocycles. The Labute approximate surface area is 297 Å². The van der Waals surface area contributed by atoms with Crippen LogP contribution in [0.4, 0.5) is 0 Å². The Bertz CT molecular complexity index is 1910. The van der Waals surface area contributed by atoms with Gasteiger partial charge in [0.2, 0.25) is 12.7 Å². The van der Waals surface area contributed by atoms with Gasteiger partial charge in [-0.1, -0.05) is 6.07 Å². The zero-order valence-electron chi connectivity index (χ0n) is 28.7. The van der Waals surface area contributed by atoms with Gasteiger partial charge in [0.05, 0.1) is 36.9 Å². The van der Waals surface area contributed by atoms with Crippen LogP contribution in [0.25, 0.3) is 0 Å². The molecule has 0 spiro atoms. The van der Waals surface area contributed by atoms with Crippen LogP contribution < -0.4 is 24.3 Å². The van der Waals surface area contributed by atoms with Crippen LogP contribution in [-0.4, -0.2) is 101 Å². The average molecular weight is 723 g/mol. The molecule has 2 aromatic carbocycles. The van der Waals surface area contributed by atoms with Gasteiger partial charge in [-0.2, -0.15) is 5.26 Å². The summed E-state index contributed by atoms with van der Waals surface area (Å²) in [6.07, 6.45) is -0.510. The van der Waals surface area contributed by atoms with Gasteiger partial charge in [0.15, 0.2) is 23.0 Å². The molecule has 16 heteroatoms. The van der Waals surface area contributed by atoms with Crippen LogP contribution in [0, 0.1) is 25.2 Å². The van der Waals surface area contributed by atoms with Gasteiger partial charge >= 0.3 is 17.9 Å². The van der Waals surface area contributed by atoms with Crippen molar-refractivity contribution < 1.29 is 53.1 Å². The average Bonchev–Trinajstić information content (AvgIpc) is 3.48. The van der Waals surface area contributed by atoms with E-state index in [0.29, 0.717) is 45.1 Å². The molecule has 2 saturated heterocycles. The van der Waals surface area contributed by atoms with Crippen LogP contribution >= 0.6 is 11.8 Å². The molecule has 6 aliphatic rings. The number of nitriles is 1. The van der Waals surface area contributed by atoms with Crippen molar-refractivity contribution in [2.45, 2.75) is 75.0 Å². The normalized spacial score (nSPS) is 28.7. The van der Waals surface area contributed by atoms with Crippen molar-refractivity contribution >= 4 is 35.6 Å². The number of benzene rings is 2. The molecule has 6 heterocycles. The minimum Gasteiger partial charge on any atom is -0.504 e. The van der Waals surface area contributed by atoms with Gasteiger partial charge < -0.3 is 39.2 Å². The number of phenolic OH excluding ortho intramolecular Hbond substituents is 1. The standard InChI is InChI=1S/C35H38N4O11S/c1-15-8-18-9-35(12-36)13-38(4)26(23(18)28(44)29(15)46-5)27-33-25-24(32-31(48-14-49-32)16(2)30(25)50-17(3)40)20(39(27)35)10-47-34(45)19(11-51-33)37-21(41)6-7-22(42)43/h8,19-20,26-27,33,44H,6-7,9-11,13-14H2,1-5H3,(H,37,41)(H,42,43)/t19-,20-,26+,27?,33+,35-/m0/s1. The monoisotopic (exact) mass is 722 g/mol. The van der Waals surface area contributed by atoms with Crippen LogP contribution in [0.15, 0.2) is 6.07 Å². The number of amides is 1. The number of ether oxygens (including phenoxy) is 5. The molecule has 270 valence electrons. The van der Waals surface area contributed by atoms with Crippen LogP contribution in [-0.2, 0) is 30.3 Å². The second-order valence-electron chi connectivity index (χ2n) is 13.6. The smallest absolute Gasteiger partial charge is 0.329 e. The van der Waals surface area contributed by atoms with E-state index in [2.05, 4.69) is 21.2 Å². The number of rotatable bonds is 6. The van der Waals surface area contributed by atoms with Crippen LogP contribution in [0.5, 0.6) is 28.7 Å². The number of phenols is 1. The Morgan fingerprint density at radius 1 is 1.14 bits per heavy atom. The first kappa shape index (κ1) is 34.7. The molecule has 3 N–H and O–H groups in total. The number of nitrogens with zero attached hydrogens (tertiary/aromatic N) is 3. The lowest BCUT2D eigenvalue weighted by atomic mass is 9.76. The number of likely N-dealkylation sites (N-methyl/N-ethyl adjacent to an activating group) is 1. The maximum atomic E-state index is 13.7. The lowest BCUT2D eigenvalue weighted by Gasteiger charge is -2.60. The summed E-state index contributed by atoms with van der Waals surface area (Å²) in [5, 5.41) is 34.3. The fourth-order valence-electron chi connectivity index (χ4n) is 8.66. The number of carboxylic acids is 1. The number of cyclic esters (lactones) is 1. The first-order valence-electron chi connectivity index (χ1n) is 16.5. The highest BCUT2D eigenvalue weighted by Gasteiger charge is 2.63. The molecule has 2 unspecified atom stereocenters. The number of thioether (sulfide) groups is 1. The van der Waals surface area contributed by atoms with E-state index in [-0.39, 0.29) is 50.0 Å². The zero-order chi connectivity index (χ0) is 36.5. The Balaban J connectivity index is 1.49. The summed E-state index contributed by atoms with van der Waals surface area (Å²) in [5.74, 6) is -1.74. The molecule has 7 atom stereocenters. The van der Waals surface area contributed by atoms with E-state index in [4.69, 9.17) is 28.8 Å². The summed E-state index contributed by atoms with van der Waals surface area (Å²) in [4.78, 5) is 54.5. The first-order chi connectivity index (χ1) is 24.3. The van der Waals surface area contributed by atoms with E-state index in [1.54, 1.807) is 6.92 Å². The van der Waals surface area contributed by atoms with Crippen molar-refractivity contribution in [1.82, 2.24) is 15.1 Å². The Morgan fingerprint density at radius 2 is 1.88 bits per heavy atom. The number of aliphatic carboxylic acids is 1. The van der Waals surface area contributed by atoms with Crippen LogP contribution in [0.2, 0.25) is 0 Å². The van der Waals surface area contributed by atoms with E-state index in [1.165, 1.54) is 25.8 Å². The van der Waals surface area contributed by atoms with Gasteiger partial charge in [-0.15, -0.1) is 11.8 Å². The summed E-state index contributed by atoms with van der Waals surface area (Å²) in [7, 11) is 3.39. The number of hydrogen-bond donors (Lipinski definition) is 3. The quantitative estimate of drug-likeness (QED) is 0.290. The SMILES string of the molecule is COc1c(C)cc2c(c1O)[C@@H]1C3[C@@H]4SC[C@H](NC(=O)CCC(=O)O)C(=O)OC[C@@H](c5c6c(c(C)c(OC(C)=O)c54)OCO6)N3[C@](C#N)(C2)CN1C. The number of aromatic hydroxyl groups is 1. The third-order valence-corrected chi connectivity index (χ3v) is 11.9. The number of piperazine rings is 1. The maximum Gasteiger partial charge on any atom is 0.329 e. The number of nitrogens with one attached hydrogen (secondary N) is 1. The lowest BCUT2D eigenvalue weighted by molar-refractivity contribution is -0.153. The van der Waals surface area contributed by atoms with Crippen molar-refractivity contribution in [3.63, 3.8) is 0 Å². The van der Waals surface area contributed by atoms with E-state index < -0.39 is 65.2 Å². The molecule has 0 aliphatic carbocycles. The van der Waals surface area contributed by atoms with Crippen molar-refractivity contribution in [2.75, 3.05) is 39.9 Å². The van der Waals surface area contributed by atoms with Crippen LogP contribution in [0.1, 0.15) is 70.5 Å². The van der Waals surface area contributed by atoms with Gasteiger partial charge in [0.1, 0.15) is 23.9 Å². The molecule has 15 nitrogen and oxygen atoms in total. The first-order valence-corrected chi connectivity index (χ1v) is 17.6. The number of carboxylic acid groups (broad SMARTS) is 1. The molecule has 0 saturated carbocycles. The molecular weight excluding hydrogens is 684 g/mol. The number of esters is 2. The number of carbonyl (C=O) groups is 4. The minimum atomic E-state index is -1.20. The molecule has 0 aromatic heterocycles.